The highest BCUT2D eigenvalue weighted by molar-refractivity contribution is 7.27. The second-order valence-corrected chi connectivity index (χ2v) is 13.1. The van der Waals surface area contributed by atoms with Crippen molar-refractivity contribution in [3.63, 3.8) is 0 Å². The molecule has 0 saturated carbocycles. The van der Waals surface area contributed by atoms with Crippen molar-refractivity contribution in [3.05, 3.63) is 102 Å². The van der Waals surface area contributed by atoms with Gasteiger partial charge in [-0.05, 0) is 83.5 Å². The zero-order valence-electron chi connectivity index (χ0n) is 25.1. The van der Waals surface area contributed by atoms with Crippen molar-refractivity contribution in [1.82, 2.24) is 0 Å². The molecule has 4 rings (SSSR count). The van der Waals surface area contributed by atoms with E-state index in [4.69, 9.17) is 22.8 Å². The molecular formula is C34H40O5P2. The quantitative estimate of drug-likeness (QED) is 0.172. The highest BCUT2D eigenvalue weighted by atomic mass is 31.1. The molecule has 0 spiro atoms. The molecule has 0 aliphatic rings. The topological polar surface area (TPSA) is 46.2 Å². The lowest BCUT2D eigenvalue weighted by Gasteiger charge is -2.20. The second-order valence-electron chi connectivity index (χ2n) is 12.0. The summed E-state index contributed by atoms with van der Waals surface area (Å²) in [5.41, 5.74) is 5.33. The van der Waals surface area contributed by atoms with E-state index >= 15 is 0 Å². The number of rotatable bonds is 10. The van der Waals surface area contributed by atoms with E-state index in [1.807, 2.05) is 54.6 Å². The SMILES string of the molecule is COc1ccc(OPOc2cccc(C(C)(C)C)c2)c(-c2cc(C)ccc2OPOc2cccc(C(C)(C)C)c2)c1. The van der Waals surface area contributed by atoms with Crippen LogP contribution in [-0.4, -0.2) is 7.11 Å². The summed E-state index contributed by atoms with van der Waals surface area (Å²) in [5.74, 6) is 3.65. The van der Waals surface area contributed by atoms with E-state index in [9.17, 15) is 0 Å². The lowest BCUT2D eigenvalue weighted by molar-refractivity contribution is 0.414. The Balaban J connectivity index is 1.53. The Morgan fingerprint density at radius 2 is 1.00 bits per heavy atom. The minimum absolute atomic E-state index is 0.0355. The number of hydrogen-bond acceptors (Lipinski definition) is 5. The normalized spacial score (nSPS) is 12.2. The van der Waals surface area contributed by atoms with Crippen LogP contribution in [0.3, 0.4) is 0 Å². The van der Waals surface area contributed by atoms with Crippen LogP contribution in [0.5, 0.6) is 28.7 Å². The van der Waals surface area contributed by atoms with Gasteiger partial charge in [0.25, 0.3) is 18.1 Å². The Labute approximate surface area is 248 Å². The van der Waals surface area contributed by atoms with Crippen molar-refractivity contribution in [2.75, 3.05) is 7.11 Å². The molecule has 0 bridgehead atoms. The summed E-state index contributed by atoms with van der Waals surface area (Å²) in [6.07, 6.45) is 0. The third-order valence-corrected chi connectivity index (χ3v) is 7.88. The molecule has 0 fully saturated rings. The number of methoxy groups -OCH3 is 1. The molecule has 0 aliphatic carbocycles. The summed E-state index contributed by atoms with van der Waals surface area (Å²) in [6, 6.07) is 28.1. The third kappa shape index (κ3) is 8.38. The standard InChI is InChI=1S/C34H40O5P2/c1-23-15-17-31(38-40-36-27-13-9-11-24(20-27)33(2,3)4)29(19-23)30-22-26(35-8)16-18-32(30)39-41-37-28-14-10-12-25(21-28)34(5,6)7/h9-22,40-41H,1-8H3. The van der Waals surface area contributed by atoms with Crippen molar-refractivity contribution in [1.29, 1.82) is 0 Å². The minimum atomic E-state index is -0.229. The van der Waals surface area contributed by atoms with Gasteiger partial charge in [0.05, 0.1) is 7.11 Å². The average Bonchev–Trinajstić information content (AvgIpc) is 2.93. The van der Waals surface area contributed by atoms with E-state index in [-0.39, 0.29) is 28.9 Å². The highest BCUT2D eigenvalue weighted by Gasteiger charge is 2.17. The van der Waals surface area contributed by atoms with Gasteiger partial charge < -0.3 is 22.8 Å². The van der Waals surface area contributed by atoms with Gasteiger partial charge in [-0.25, -0.2) is 0 Å². The first-order chi connectivity index (χ1) is 19.4. The van der Waals surface area contributed by atoms with Crippen LogP contribution in [0.1, 0.15) is 58.2 Å². The smallest absolute Gasteiger partial charge is 0.275 e. The van der Waals surface area contributed by atoms with Crippen molar-refractivity contribution in [3.8, 4) is 39.9 Å². The first-order valence-electron chi connectivity index (χ1n) is 13.6. The summed E-state index contributed by atoms with van der Waals surface area (Å²) >= 11 is 0. The van der Waals surface area contributed by atoms with E-state index in [1.54, 1.807) is 7.11 Å². The second kappa shape index (κ2) is 13.1. The van der Waals surface area contributed by atoms with Crippen LogP contribution in [0, 0.1) is 6.92 Å². The molecule has 2 atom stereocenters. The molecule has 4 aromatic rings. The first kappa shape index (κ1) is 30.7. The predicted molar refractivity (Wildman–Crippen MR) is 173 cm³/mol. The van der Waals surface area contributed by atoms with Crippen LogP contribution in [0.15, 0.2) is 84.9 Å². The molecule has 2 unspecified atom stereocenters. The van der Waals surface area contributed by atoms with E-state index in [2.05, 4.69) is 78.8 Å². The molecule has 0 aromatic heterocycles. The number of hydrogen-bond donors (Lipinski definition) is 0. The van der Waals surface area contributed by atoms with Gasteiger partial charge in [0, 0.05) is 11.1 Å². The van der Waals surface area contributed by atoms with Crippen LogP contribution < -0.4 is 22.8 Å². The highest BCUT2D eigenvalue weighted by Crippen LogP contribution is 2.43. The van der Waals surface area contributed by atoms with Crippen LogP contribution in [0.25, 0.3) is 11.1 Å². The molecule has 4 aromatic carbocycles. The van der Waals surface area contributed by atoms with Crippen molar-refractivity contribution < 1.29 is 22.8 Å². The summed E-state index contributed by atoms with van der Waals surface area (Å²) in [5, 5.41) is 0. The monoisotopic (exact) mass is 590 g/mol. The van der Waals surface area contributed by atoms with Crippen LogP contribution in [0.2, 0.25) is 0 Å². The van der Waals surface area contributed by atoms with Gasteiger partial charge in [0.2, 0.25) is 0 Å². The Bertz CT molecular complexity index is 1470. The molecule has 0 heterocycles. The van der Waals surface area contributed by atoms with Crippen molar-refractivity contribution in [2.24, 2.45) is 0 Å². The Morgan fingerprint density at radius 1 is 0.512 bits per heavy atom. The Morgan fingerprint density at radius 3 is 1.49 bits per heavy atom. The molecular weight excluding hydrogens is 550 g/mol. The van der Waals surface area contributed by atoms with Gasteiger partial charge in [-0.3, -0.25) is 0 Å². The van der Waals surface area contributed by atoms with Crippen LogP contribution >= 0.6 is 18.1 Å². The fourth-order valence-electron chi connectivity index (χ4n) is 4.16. The molecule has 7 heteroatoms. The van der Waals surface area contributed by atoms with Crippen molar-refractivity contribution >= 4 is 18.1 Å². The van der Waals surface area contributed by atoms with E-state index < -0.39 is 0 Å². The molecule has 0 N–H and O–H groups in total. The lowest BCUT2D eigenvalue weighted by Crippen LogP contribution is -2.10. The summed E-state index contributed by atoms with van der Waals surface area (Å²) in [6.45, 7) is 15.2. The van der Waals surface area contributed by atoms with Crippen LogP contribution in [0.4, 0.5) is 0 Å². The molecule has 0 amide bonds. The van der Waals surface area contributed by atoms with Gasteiger partial charge in [-0.1, -0.05) is 77.4 Å². The molecule has 41 heavy (non-hydrogen) atoms. The zero-order valence-corrected chi connectivity index (χ0v) is 27.1. The van der Waals surface area contributed by atoms with Gasteiger partial charge in [0.1, 0.15) is 28.7 Å². The fraction of sp³-hybridized carbons (Fsp3) is 0.294. The predicted octanol–water partition coefficient (Wildman–Crippen LogP) is 10.2. The summed E-state index contributed by atoms with van der Waals surface area (Å²) < 4.78 is 30.0. The largest absolute Gasteiger partial charge is 0.497 e. The van der Waals surface area contributed by atoms with Gasteiger partial charge in [-0.2, -0.15) is 0 Å². The summed E-state index contributed by atoms with van der Waals surface area (Å²) in [7, 11) is 1.21. The maximum atomic E-state index is 6.20. The number of ether oxygens (including phenoxy) is 1. The van der Waals surface area contributed by atoms with Gasteiger partial charge >= 0.3 is 0 Å². The third-order valence-electron chi connectivity index (χ3n) is 6.63. The molecule has 216 valence electrons. The molecule has 5 nitrogen and oxygen atoms in total. The Kier molecular flexibility index (Phi) is 9.84. The molecule has 0 radical (unpaired) electrons. The molecule has 0 aliphatic heterocycles. The van der Waals surface area contributed by atoms with Gasteiger partial charge in [-0.15, -0.1) is 0 Å². The van der Waals surface area contributed by atoms with Gasteiger partial charge in [0.15, 0.2) is 0 Å². The van der Waals surface area contributed by atoms with Crippen LogP contribution in [-0.2, 0) is 10.8 Å². The van der Waals surface area contributed by atoms with E-state index in [1.165, 1.54) is 11.1 Å². The minimum Gasteiger partial charge on any atom is -0.497 e. The fourth-order valence-corrected chi connectivity index (χ4v) is 5.22. The first-order valence-corrected chi connectivity index (χ1v) is 15.2. The average molecular weight is 591 g/mol. The number of aryl methyl sites for hydroxylation is 1. The van der Waals surface area contributed by atoms with E-state index in [0.29, 0.717) is 11.5 Å². The maximum Gasteiger partial charge on any atom is 0.275 e. The lowest BCUT2D eigenvalue weighted by atomic mass is 9.87. The maximum absolute atomic E-state index is 6.20. The number of benzene rings is 4. The summed E-state index contributed by atoms with van der Waals surface area (Å²) in [4.78, 5) is 0. The van der Waals surface area contributed by atoms with Crippen molar-refractivity contribution in [2.45, 2.75) is 59.3 Å². The molecule has 0 saturated heterocycles. The zero-order chi connectivity index (χ0) is 29.6. The Hall–Kier alpha value is -3.26. The van der Waals surface area contributed by atoms with E-state index in [0.717, 1.165) is 33.9 Å².